The molecule has 0 spiro atoms. The van der Waals surface area contributed by atoms with E-state index in [1.807, 2.05) is 66.7 Å². The summed E-state index contributed by atoms with van der Waals surface area (Å²) in [5.74, 6) is -0.493. The SMILES string of the molecule is Clc1ccc(-c2ccc(Br)cc2)cn1.Clc1cccc(-c2ccc(Cl)nc2)c1.Fc1ccc(-c2ccc(Cl)nc2)cc1.Fc1ccccc1-c1ccc(Cl)nc1. The first-order valence-corrected chi connectivity index (χ1v) is 19.2. The van der Waals surface area contributed by atoms with Gasteiger partial charge in [-0.25, -0.2) is 28.7 Å². The van der Waals surface area contributed by atoms with Gasteiger partial charge in [0.15, 0.2) is 0 Å². The van der Waals surface area contributed by atoms with E-state index in [2.05, 4.69) is 35.9 Å². The van der Waals surface area contributed by atoms with Gasteiger partial charge in [0.05, 0.1) is 0 Å². The van der Waals surface area contributed by atoms with Crippen molar-refractivity contribution in [2.24, 2.45) is 0 Å². The van der Waals surface area contributed by atoms with Crippen LogP contribution in [0.15, 0.2) is 175 Å². The largest absolute Gasteiger partial charge is 0.244 e. The number of nitrogens with zero attached hydrogens (tertiary/aromatic N) is 4. The summed E-state index contributed by atoms with van der Waals surface area (Å²) in [5, 5.41) is 2.60. The molecule has 0 aliphatic rings. The van der Waals surface area contributed by atoms with Crippen LogP contribution in [0.2, 0.25) is 25.6 Å². The minimum absolute atomic E-state index is 0.240. The maximum Gasteiger partial charge on any atom is 0.131 e. The molecule has 0 N–H and O–H groups in total. The minimum Gasteiger partial charge on any atom is -0.244 e. The Morgan fingerprint density at radius 2 is 0.786 bits per heavy atom. The molecule has 4 aromatic carbocycles. The normalized spacial score (nSPS) is 10.1. The number of halogens is 8. The number of hydrogen-bond donors (Lipinski definition) is 0. The third kappa shape index (κ3) is 13.5. The van der Waals surface area contributed by atoms with Crippen LogP contribution in [-0.4, -0.2) is 19.9 Å². The smallest absolute Gasteiger partial charge is 0.131 e. The van der Waals surface area contributed by atoms with E-state index in [9.17, 15) is 8.78 Å². The van der Waals surface area contributed by atoms with Crippen molar-refractivity contribution in [3.8, 4) is 44.5 Å². The van der Waals surface area contributed by atoms with Gasteiger partial charge in [-0.1, -0.05) is 129 Å². The summed E-state index contributed by atoms with van der Waals surface area (Å²) in [7, 11) is 0. The van der Waals surface area contributed by atoms with Crippen molar-refractivity contribution in [1.82, 2.24) is 19.9 Å². The van der Waals surface area contributed by atoms with Crippen molar-refractivity contribution in [1.29, 1.82) is 0 Å². The first kappa shape index (κ1) is 42.4. The van der Waals surface area contributed by atoms with E-state index < -0.39 is 0 Å². The van der Waals surface area contributed by atoms with Gasteiger partial charge < -0.3 is 0 Å². The summed E-state index contributed by atoms with van der Waals surface area (Å²) < 4.78 is 27.0. The van der Waals surface area contributed by atoms with Crippen LogP contribution in [0.5, 0.6) is 0 Å². The molecule has 0 aliphatic heterocycles. The Labute approximate surface area is 356 Å². The van der Waals surface area contributed by atoms with Gasteiger partial charge in [0.1, 0.15) is 32.2 Å². The fourth-order valence-electron chi connectivity index (χ4n) is 4.82. The number of pyridine rings is 4. The lowest BCUT2D eigenvalue weighted by atomic mass is 10.1. The number of aromatic nitrogens is 4. The molecule has 8 rings (SSSR count). The van der Waals surface area contributed by atoms with Gasteiger partial charge in [0.2, 0.25) is 0 Å². The lowest BCUT2D eigenvalue weighted by Gasteiger charge is -2.01. The number of hydrogen-bond acceptors (Lipinski definition) is 4. The van der Waals surface area contributed by atoms with Crippen LogP contribution < -0.4 is 0 Å². The van der Waals surface area contributed by atoms with Crippen LogP contribution in [0.4, 0.5) is 8.78 Å². The Kier molecular flexibility index (Phi) is 16.3. The molecule has 4 heterocycles. The molecule has 4 nitrogen and oxygen atoms in total. The molecule has 0 unspecified atom stereocenters. The van der Waals surface area contributed by atoms with E-state index in [4.69, 9.17) is 58.0 Å². The Morgan fingerprint density at radius 1 is 0.375 bits per heavy atom. The molecule has 0 atom stereocenters. The molecule has 0 fully saturated rings. The second-order valence-electron chi connectivity index (χ2n) is 11.5. The van der Waals surface area contributed by atoms with Crippen molar-refractivity contribution < 1.29 is 8.78 Å². The van der Waals surface area contributed by atoms with E-state index in [1.54, 1.807) is 85.5 Å². The van der Waals surface area contributed by atoms with Crippen molar-refractivity contribution in [3.63, 3.8) is 0 Å². The molecule has 8 aromatic rings. The Hall–Kier alpha value is -4.73. The summed E-state index contributed by atoms with van der Waals surface area (Å²) in [4.78, 5) is 15.9. The van der Waals surface area contributed by atoms with Gasteiger partial charge in [-0.3, -0.25) is 0 Å². The molecule has 0 amide bonds. The summed E-state index contributed by atoms with van der Waals surface area (Å²) >= 11 is 32.0. The Bertz CT molecular complexity index is 2250. The third-order valence-electron chi connectivity index (χ3n) is 7.61. The van der Waals surface area contributed by atoms with Crippen LogP contribution in [0, 0.1) is 11.6 Å². The first-order valence-electron chi connectivity index (χ1n) is 16.5. The average molecular weight is 908 g/mol. The average Bonchev–Trinajstić information content (AvgIpc) is 3.21. The predicted octanol–water partition coefficient (Wildman–Crippen LogP) is 15.3. The van der Waals surface area contributed by atoms with Crippen LogP contribution in [0.25, 0.3) is 44.5 Å². The minimum atomic E-state index is -0.253. The zero-order valence-electron chi connectivity index (χ0n) is 29.0. The zero-order chi connectivity index (χ0) is 39.9. The van der Waals surface area contributed by atoms with E-state index >= 15 is 0 Å². The van der Waals surface area contributed by atoms with Gasteiger partial charge >= 0.3 is 0 Å². The standard InChI is InChI=1S/C11H7BrClN.C11H7Cl2N.2C11H7ClFN/c12-10-4-1-8(2-5-10)9-3-6-11(13)14-7-9;12-10-3-1-2-8(6-10)9-4-5-11(13)14-7-9;12-11-6-3-9(7-14-11)8-1-4-10(13)5-2-8;12-11-6-5-8(7-14-11)9-3-1-2-4-10(9)13/h4*1-7H. The van der Waals surface area contributed by atoms with Crippen molar-refractivity contribution in [2.75, 3.05) is 0 Å². The summed E-state index contributed by atoms with van der Waals surface area (Å²) in [5.41, 5.74) is 7.38. The number of benzene rings is 4. The van der Waals surface area contributed by atoms with Crippen LogP contribution in [-0.2, 0) is 0 Å². The van der Waals surface area contributed by atoms with Crippen molar-refractivity contribution >= 4 is 73.9 Å². The van der Waals surface area contributed by atoms with E-state index in [0.717, 1.165) is 48.4 Å². The summed E-state index contributed by atoms with van der Waals surface area (Å²) in [6, 6.07) is 42.9. The highest BCUT2D eigenvalue weighted by Gasteiger charge is 2.04. The van der Waals surface area contributed by atoms with E-state index in [1.165, 1.54) is 18.2 Å². The quantitative estimate of drug-likeness (QED) is 0.165. The van der Waals surface area contributed by atoms with Crippen LogP contribution in [0.1, 0.15) is 0 Å². The summed E-state index contributed by atoms with van der Waals surface area (Å²) in [6.45, 7) is 0. The predicted molar refractivity (Wildman–Crippen MR) is 231 cm³/mol. The lowest BCUT2D eigenvalue weighted by Crippen LogP contribution is -1.84. The van der Waals surface area contributed by atoms with Crippen LogP contribution >= 0.6 is 73.9 Å². The molecule has 0 saturated carbocycles. The molecule has 280 valence electrons. The lowest BCUT2D eigenvalue weighted by molar-refractivity contribution is 0.628. The molecule has 56 heavy (non-hydrogen) atoms. The Balaban J connectivity index is 0.000000143. The van der Waals surface area contributed by atoms with Crippen molar-refractivity contribution in [2.45, 2.75) is 0 Å². The highest BCUT2D eigenvalue weighted by atomic mass is 79.9. The molecular formula is C44H28BrCl5F2N4. The van der Waals surface area contributed by atoms with Gasteiger partial charge in [-0.05, 0) is 108 Å². The van der Waals surface area contributed by atoms with Crippen molar-refractivity contribution in [3.05, 3.63) is 212 Å². The molecule has 0 radical (unpaired) electrons. The fourth-order valence-corrected chi connectivity index (χ4v) is 5.72. The van der Waals surface area contributed by atoms with Gasteiger partial charge in [0.25, 0.3) is 0 Å². The second-order valence-corrected chi connectivity index (χ2v) is 14.4. The topological polar surface area (TPSA) is 51.6 Å². The van der Waals surface area contributed by atoms with Gasteiger partial charge in [-0.15, -0.1) is 0 Å². The van der Waals surface area contributed by atoms with Gasteiger partial charge in [-0.2, -0.15) is 0 Å². The van der Waals surface area contributed by atoms with E-state index in [0.29, 0.717) is 26.2 Å². The van der Waals surface area contributed by atoms with E-state index in [-0.39, 0.29) is 11.6 Å². The third-order valence-corrected chi connectivity index (χ3v) is 9.27. The summed E-state index contributed by atoms with van der Waals surface area (Å²) in [6.07, 6.45) is 6.72. The second kappa shape index (κ2) is 21.5. The molecule has 4 aromatic heterocycles. The van der Waals surface area contributed by atoms with Crippen LogP contribution in [0.3, 0.4) is 0 Å². The molecule has 0 aliphatic carbocycles. The Morgan fingerprint density at radius 3 is 1.21 bits per heavy atom. The monoisotopic (exact) mass is 904 g/mol. The fraction of sp³-hybridized carbons (Fsp3) is 0. The number of rotatable bonds is 4. The highest BCUT2D eigenvalue weighted by molar-refractivity contribution is 9.10. The zero-order valence-corrected chi connectivity index (χ0v) is 34.3. The van der Waals surface area contributed by atoms with Gasteiger partial charge in [0, 0.05) is 62.1 Å². The maximum absolute atomic E-state index is 13.3. The molecule has 0 saturated heterocycles. The molecule has 12 heteroatoms. The molecular weight excluding hydrogens is 880 g/mol. The highest BCUT2D eigenvalue weighted by Crippen LogP contribution is 2.25. The molecule has 0 bridgehead atoms. The maximum atomic E-state index is 13.3. The first-order chi connectivity index (χ1) is 27.0.